The van der Waals surface area contributed by atoms with Crippen molar-refractivity contribution < 1.29 is 9.53 Å². The van der Waals surface area contributed by atoms with Crippen molar-refractivity contribution in [1.29, 1.82) is 0 Å². The molecule has 1 amide bonds. The number of thioether (sulfide) groups is 1. The number of amides is 1. The Labute approximate surface area is 142 Å². The molecule has 0 atom stereocenters. The molecule has 2 fully saturated rings. The maximum absolute atomic E-state index is 12.3. The largest absolute Gasteiger partial charge is 0.460 e. The average Bonchev–Trinajstić information content (AvgIpc) is 3.09. The molecule has 0 N–H and O–H groups in total. The first-order valence-electron chi connectivity index (χ1n) is 8.55. The fraction of sp³-hybridized carbons (Fsp3) is 0.706. The maximum Gasteiger partial charge on any atom is 0.316 e. The monoisotopic (exact) mass is 335 g/mol. The van der Waals surface area contributed by atoms with Crippen molar-refractivity contribution in [3.8, 4) is 6.01 Å². The molecular weight excluding hydrogens is 310 g/mol. The van der Waals surface area contributed by atoms with Gasteiger partial charge in [0.2, 0.25) is 5.91 Å². The third kappa shape index (κ3) is 4.83. The highest BCUT2D eigenvalue weighted by Gasteiger charge is 2.25. The van der Waals surface area contributed by atoms with Crippen LogP contribution >= 0.6 is 11.8 Å². The minimum absolute atomic E-state index is 0.115. The Morgan fingerprint density at radius 3 is 2.52 bits per heavy atom. The molecule has 3 rings (SSSR count). The summed E-state index contributed by atoms with van der Waals surface area (Å²) in [4.78, 5) is 22.6. The molecular formula is C17H25N3O2S. The lowest BCUT2D eigenvalue weighted by atomic mass is 10.1. The van der Waals surface area contributed by atoms with Crippen LogP contribution in [0.1, 0.15) is 44.1 Å². The number of aromatic nitrogens is 2. The third-order valence-electron chi connectivity index (χ3n) is 4.57. The minimum atomic E-state index is 0.115. The van der Waals surface area contributed by atoms with Gasteiger partial charge < -0.3 is 9.64 Å². The van der Waals surface area contributed by atoms with Crippen molar-refractivity contribution in [3.05, 3.63) is 18.0 Å². The van der Waals surface area contributed by atoms with Gasteiger partial charge in [0.25, 0.3) is 0 Å². The van der Waals surface area contributed by atoms with Gasteiger partial charge in [-0.15, -0.1) is 11.8 Å². The van der Waals surface area contributed by atoms with Crippen LogP contribution in [0, 0.1) is 6.92 Å². The van der Waals surface area contributed by atoms with Gasteiger partial charge in [-0.3, -0.25) is 4.79 Å². The number of aryl methyl sites for hydroxylation is 1. The summed E-state index contributed by atoms with van der Waals surface area (Å²) in [5.74, 6) is 0.920. The van der Waals surface area contributed by atoms with Crippen LogP contribution in [0.5, 0.6) is 6.01 Å². The fourth-order valence-corrected chi connectivity index (χ4v) is 4.38. The molecule has 1 saturated carbocycles. The second-order valence-electron chi connectivity index (χ2n) is 6.46. The van der Waals surface area contributed by atoms with Gasteiger partial charge in [-0.25, -0.2) is 9.97 Å². The van der Waals surface area contributed by atoms with Crippen molar-refractivity contribution in [3.63, 3.8) is 0 Å². The molecule has 1 aromatic rings. The van der Waals surface area contributed by atoms with Crippen LogP contribution in [0.4, 0.5) is 0 Å². The lowest BCUT2D eigenvalue weighted by Crippen LogP contribution is -2.42. The summed E-state index contributed by atoms with van der Waals surface area (Å²) in [6, 6.07) is 0.442. The molecule has 1 saturated heterocycles. The van der Waals surface area contributed by atoms with E-state index in [0.717, 1.165) is 31.5 Å². The molecule has 0 spiro atoms. The molecule has 1 aliphatic carbocycles. The lowest BCUT2D eigenvalue weighted by Gasteiger charge is -2.31. The van der Waals surface area contributed by atoms with Crippen LogP contribution < -0.4 is 4.74 Å². The second kappa shape index (κ2) is 7.99. The standard InChI is InChI=1S/C17H25N3O2S/c1-13-10-18-17(19-11-13)22-14-6-8-20(9-7-14)16(21)12-23-15-4-2-3-5-15/h10-11,14-15H,2-9,12H2,1H3. The Balaban J connectivity index is 1.39. The summed E-state index contributed by atoms with van der Waals surface area (Å²) in [6.07, 6.45) is 10.6. The number of rotatable bonds is 5. The zero-order chi connectivity index (χ0) is 16.1. The summed E-state index contributed by atoms with van der Waals surface area (Å²) >= 11 is 1.85. The predicted molar refractivity (Wildman–Crippen MR) is 91.7 cm³/mol. The average molecular weight is 335 g/mol. The number of hydrogen-bond donors (Lipinski definition) is 0. The van der Waals surface area contributed by atoms with Crippen LogP contribution in [-0.4, -0.2) is 51.0 Å². The van der Waals surface area contributed by atoms with E-state index in [9.17, 15) is 4.79 Å². The highest BCUT2D eigenvalue weighted by atomic mass is 32.2. The number of likely N-dealkylation sites (tertiary alicyclic amines) is 1. The molecule has 2 aliphatic rings. The Kier molecular flexibility index (Phi) is 5.75. The van der Waals surface area contributed by atoms with Crippen molar-refractivity contribution in [1.82, 2.24) is 14.9 Å². The van der Waals surface area contributed by atoms with Crippen LogP contribution in [0.15, 0.2) is 12.4 Å². The van der Waals surface area contributed by atoms with Gasteiger partial charge in [0.1, 0.15) is 6.10 Å². The van der Waals surface area contributed by atoms with Gasteiger partial charge in [-0.1, -0.05) is 12.8 Å². The van der Waals surface area contributed by atoms with E-state index in [0.29, 0.717) is 17.0 Å². The van der Waals surface area contributed by atoms with E-state index >= 15 is 0 Å². The van der Waals surface area contributed by atoms with Crippen molar-refractivity contribution in [2.24, 2.45) is 0 Å². The van der Waals surface area contributed by atoms with E-state index in [4.69, 9.17) is 4.74 Å². The molecule has 6 heteroatoms. The topological polar surface area (TPSA) is 55.3 Å². The number of carbonyl (C=O) groups excluding carboxylic acids is 1. The van der Waals surface area contributed by atoms with Crippen LogP contribution in [0.3, 0.4) is 0 Å². The summed E-state index contributed by atoms with van der Waals surface area (Å²) in [7, 11) is 0. The van der Waals surface area contributed by atoms with E-state index in [1.807, 2.05) is 23.6 Å². The van der Waals surface area contributed by atoms with Crippen molar-refractivity contribution in [2.75, 3.05) is 18.8 Å². The summed E-state index contributed by atoms with van der Waals surface area (Å²) in [5, 5.41) is 0.707. The van der Waals surface area contributed by atoms with Crippen LogP contribution in [0.25, 0.3) is 0 Å². The van der Waals surface area contributed by atoms with Gasteiger partial charge in [0.05, 0.1) is 5.75 Å². The number of carbonyl (C=O) groups is 1. The molecule has 5 nitrogen and oxygen atoms in total. The van der Waals surface area contributed by atoms with Crippen molar-refractivity contribution >= 4 is 17.7 Å². The number of hydrogen-bond acceptors (Lipinski definition) is 5. The smallest absolute Gasteiger partial charge is 0.316 e. The highest BCUT2D eigenvalue weighted by Crippen LogP contribution is 2.29. The van der Waals surface area contributed by atoms with Gasteiger partial charge in [-0.05, 0) is 25.3 Å². The molecule has 1 aromatic heterocycles. The SMILES string of the molecule is Cc1cnc(OC2CCN(C(=O)CSC3CCCC3)CC2)nc1. The van der Waals surface area contributed by atoms with E-state index in [1.54, 1.807) is 12.4 Å². The number of nitrogens with zero attached hydrogens (tertiary/aromatic N) is 3. The van der Waals surface area contributed by atoms with Gasteiger partial charge in [0.15, 0.2) is 0 Å². The predicted octanol–water partition coefficient (Wildman–Crippen LogP) is 2.83. The maximum atomic E-state index is 12.3. The highest BCUT2D eigenvalue weighted by molar-refractivity contribution is 8.00. The lowest BCUT2D eigenvalue weighted by molar-refractivity contribution is -0.130. The Morgan fingerprint density at radius 1 is 1.22 bits per heavy atom. The van der Waals surface area contributed by atoms with E-state index in [1.165, 1.54) is 25.7 Å². The van der Waals surface area contributed by atoms with Gasteiger partial charge in [-0.2, -0.15) is 0 Å². The van der Waals surface area contributed by atoms with E-state index in [2.05, 4.69) is 9.97 Å². The first kappa shape index (κ1) is 16.6. The zero-order valence-corrected chi connectivity index (χ0v) is 14.6. The zero-order valence-electron chi connectivity index (χ0n) is 13.7. The van der Waals surface area contributed by atoms with E-state index in [-0.39, 0.29) is 12.0 Å². The first-order chi connectivity index (χ1) is 11.2. The molecule has 0 aromatic carbocycles. The Morgan fingerprint density at radius 2 is 1.87 bits per heavy atom. The summed E-state index contributed by atoms with van der Waals surface area (Å²) in [5.41, 5.74) is 1.03. The molecule has 126 valence electrons. The molecule has 0 radical (unpaired) electrons. The molecule has 0 unspecified atom stereocenters. The van der Waals surface area contributed by atoms with Gasteiger partial charge in [0, 0.05) is 43.6 Å². The van der Waals surface area contributed by atoms with Crippen LogP contribution in [0.2, 0.25) is 0 Å². The molecule has 2 heterocycles. The Hall–Kier alpha value is -1.30. The molecule has 23 heavy (non-hydrogen) atoms. The normalized spacial score (nSPS) is 20.0. The number of piperidine rings is 1. The van der Waals surface area contributed by atoms with Crippen LogP contribution in [-0.2, 0) is 4.79 Å². The third-order valence-corrected chi connectivity index (χ3v) is 5.93. The first-order valence-corrected chi connectivity index (χ1v) is 9.60. The minimum Gasteiger partial charge on any atom is -0.460 e. The fourth-order valence-electron chi connectivity index (χ4n) is 3.15. The molecule has 0 bridgehead atoms. The molecule has 1 aliphatic heterocycles. The quantitative estimate of drug-likeness (QED) is 0.828. The number of ether oxygens (including phenoxy) is 1. The van der Waals surface area contributed by atoms with Gasteiger partial charge >= 0.3 is 6.01 Å². The second-order valence-corrected chi connectivity index (χ2v) is 7.75. The van der Waals surface area contributed by atoms with Crippen molar-refractivity contribution in [2.45, 2.75) is 56.8 Å². The van der Waals surface area contributed by atoms with E-state index < -0.39 is 0 Å². The Bertz CT molecular complexity index is 509. The summed E-state index contributed by atoms with van der Waals surface area (Å²) in [6.45, 7) is 3.51. The summed E-state index contributed by atoms with van der Waals surface area (Å²) < 4.78 is 5.81.